The molecule has 2 aliphatic rings. The highest BCUT2D eigenvalue weighted by atomic mass is 32.1. The summed E-state index contributed by atoms with van der Waals surface area (Å²) in [6.45, 7) is 2.49. The van der Waals surface area contributed by atoms with Gasteiger partial charge in [0.2, 0.25) is 5.91 Å². The second-order valence-corrected chi connectivity index (χ2v) is 7.92. The molecule has 4 rings (SSSR count). The van der Waals surface area contributed by atoms with Crippen LogP contribution in [0.2, 0.25) is 0 Å². The van der Waals surface area contributed by atoms with Crippen molar-refractivity contribution in [2.75, 3.05) is 11.9 Å². The molecule has 2 amide bonds. The minimum atomic E-state index is -0.474. The lowest BCUT2D eigenvalue weighted by molar-refractivity contribution is -0.385. The molecule has 9 heteroatoms. The van der Waals surface area contributed by atoms with Gasteiger partial charge in [-0.2, -0.15) is 0 Å². The summed E-state index contributed by atoms with van der Waals surface area (Å²) in [5.74, 6) is -0.0964. The molecule has 0 saturated heterocycles. The average molecular weight is 386 g/mol. The monoisotopic (exact) mass is 386 g/mol. The smallest absolute Gasteiger partial charge is 0.273 e. The first-order valence-corrected chi connectivity index (χ1v) is 9.58. The number of rotatable bonds is 4. The predicted octanol–water partition coefficient (Wildman–Crippen LogP) is 2.91. The van der Waals surface area contributed by atoms with Crippen LogP contribution in [0, 0.1) is 23.0 Å². The van der Waals surface area contributed by atoms with Gasteiger partial charge in [-0.1, -0.05) is 17.4 Å². The summed E-state index contributed by atoms with van der Waals surface area (Å²) in [6.07, 6.45) is 2.47. The molecule has 1 aromatic heterocycles. The van der Waals surface area contributed by atoms with Crippen LogP contribution in [-0.4, -0.2) is 33.2 Å². The Labute approximate surface area is 159 Å². The lowest BCUT2D eigenvalue weighted by Crippen LogP contribution is -2.35. The number of anilines is 1. The summed E-state index contributed by atoms with van der Waals surface area (Å²) in [7, 11) is 0. The van der Waals surface area contributed by atoms with Crippen LogP contribution in [0.15, 0.2) is 18.2 Å². The van der Waals surface area contributed by atoms with Crippen LogP contribution in [0.25, 0.3) is 0 Å². The Morgan fingerprint density at radius 2 is 2.15 bits per heavy atom. The van der Waals surface area contributed by atoms with Crippen molar-refractivity contribution in [3.05, 3.63) is 50.0 Å². The molecule has 0 spiro atoms. The van der Waals surface area contributed by atoms with E-state index in [0.29, 0.717) is 35.8 Å². The molecule has 1 fully saturated rings. The van der Waals surface area contributed by atoms with Crippen molar-refractivity contribution in [1.82, 2.24) is 9.88 Å². The van der Waals surface area contributed by atoms with E-state index in [1.807, 2.05) is 0 Å². The van der Waals surface area contributed by atoms with Gasteiger partial charge in [-0.25, -0.2) is 4.98 Å². The second-order valence-electron chi connectivity index (χ2n) is 6.84. The molecule has 1 saturated carbocycles. The van der Waals surface area contributed by atoms with Crippen LogP contribution in [0.5, 0.6) is 0 Å². The highest BCUT2D eigenvalue weighted by Crippen LogP contribution is 2.33. The summed E-state index contributed by atoms with van der Waals surface area (Å²) >= 11 is 1.39. The summed E-state index contributed by atoms with van der Waals surface area (Å²) in [5, 5.41) is 14.6. The maximum absolute atomic E-state index is 12.9. The fourth-order valence-corrected chi connectivity index (χ4v) is 4.23. The van der Waals surface area contributed by atoms with Crippen molar-refractivity contribution in [1.29, 1.82) is 0 Å². The Morgan fingerprint density at radius 1 is 1.37 bits per heavy atom. The molecular weight excluding hydrogens is 368 g/mol. The van der Waals surface area contributed by atoms with E-state index in [9.17, 15) is 19.7 Å². The third-order valence-corrected chi connectivity index (χ3v) is 5.93. The van der Waals surface area contributed by atoms with Gasteiger partial charge in [-0.05, 0) is 25.8 Å². The third kappa shape index (κ3) is 3.42. The second kappa shape index (κ2) is 6.73. The number of thiazole rings is 1. The quantitative estimate of drug-likeness (QED) is 0.642. The van der Waals surface area contributed by atoms with Gasteiger partial charge in [-0.3, -0.25) is 19.7 Å². The molecule has 0 atom stereocenters. The van der Waals surface area contributed by atoms with Crippen LogP contribution in [0.3, 0.4) is 0 Å². The summed E-state index contributed by atoms with van der Waals surface area (Å²) < 4.78 is 0. The molecule has 1 N–H and O–H groups in total. The molecule has 0 unspecified atom stereocenters. The highest BCUT2D eigenvalue weighted by molar-refractivity contribution is 7.15. The van der Waals surface area contributed by atoms with E-state index in [1.165, 1.54) is 23.5 Å². The number of aromatic nitrogens is 1. The van der Waals surface area contributed by atoms with Gasteiger partial charge in [0.1, 0.15) is 0 Å². The number of carbonyl (C=O) groups excluding carboxylic acids is 2. The minimum Gasteiger partial charge on any atom is -0.333 e. The first-order chi connectivity index (χ1) is 12.9. The van der Waals surface area contributed by atoms with E-state index >= 15 is 0 Å². The molecule has 2 aromatic rings. The molecule has 1 aliphatic heterocycles. The van der Waals surface area contributed by atoms with Crippen molar-refractivity contribution in [3.63, 3.8) is 0 Å². The van der Waals surface area contributed by atoms with Crippen LogP contribution in [0.4, 0.5) is 10.8 Å². The molecule has 27 heavy (non-hydrogen) atoms. The Morgan fingerprint density at radius 3 is 2.85 bits per heavy atom. The highest BCUT2D eigenvalue weighted by Gasteiger charge is 2.31. The predicted molar refractivity (Wildman–Crippen MR) is 99.7 cm³/mol. The summed E-state index contributed by atoms with van der Waals surface area (Å²) in [5.41, 5.74) is 1.58. The maximum atomic E-state index is 12.9. The number of carbonyl (C=O) groups is 2. The van der Waals surface area contributed by atoms with E-state index in [-0.39, 0.29) is 23.4 Å². The average Bonchev–Trinajstić information content (AvgIpc) is 3.41. The normalized spacial score (nSPS) is 16.0. The van der Waals surface area contributed by atoms with Gasteiger partial charge in [0.05, 0.1) is 17.2 Å². The maximum Gasteiger partial charge on any atom is 0.273 e. The number of benzene rings is 1. The minimum absolute atomic E-state index is 0.0150. The molecule has 1 aliphatic carbocycles. The molecule has 2 heterocycles. The number of hydrogen-bond acceptors (Lipinski definition) is 6. The molecule has 8 nitrogen and oxygen atoms in total. The molecule has 0 radical (unpaired) electrons. The van der Waals surface area contributed by atoms with E-state index in [1.54, 1.807) is 17.9 Å². The van der Waals surface area contributed by atoms with Gasteiger partial charge >= 0.3 is 0 Å². The Hall–Kier alpha value is -2.81. The standard InChI is InChI=1S/C18H18N4O4S/c1-10-12(3-2-4-14(10)22(25)26)17(24)21-8-7-13-15(9-21)27-18(19-13)20-16(23)11-5-6-11/h2-4,11H,5-9H2,1H3,(H,19,20,23). The van der Waals surface area contributed by atoms with Gasteiger partial charge in [0, 0.05) is 41.0 Å². The van der Waals surface area contributed by atoms with Crippen molar-refractivity contribution in [2.45, 2.75) is 32.7 Å². The summed E-state index contributed by atoms with van der Waals surface area (Å²) in [4.78, 5) is 42.6. The Bertz CT molecular complexity index is 951. The van der Waals surface area contributed by atoms with E-state index < -0.39 is 4.92 Å². The topological polar surface area (TPSA) is 105 Å². The van der Waals surface area contributed by atoms with E-state index in [0.717, 1.165) is 23.4 Å². The van der Waals surface area contributed by atoms with Gasteiger partial charge in [0.25, 0.3) is 11.6 Å². The van der Waals surface area contributed by atoms with Crippen molar-refractivity contribution in [3.8, 4) is 0 Å². The lowest BCUT2D eigenvalue weighted by atomic mass is 10.0. The number of fused-ring (bicyclic) bond motifs is 1. The number of nitro groups is 1. The van der Waals surface area contributed by atoms with Crippen LogP contribution < -0.4 is 5.32 Å². The molecular formula is C18H18N4O4S. The largest absolute Gasteiger partial charge is 0.333 e. The van der Waals surface area contributed by atoms with Gasteiger partial charge in [0.15, 0.2) is 5.13 Å². The first kappa shape index (κ1) is 17.6. The van der Waals surface area contributed by atoms with E-state index in [2.05, 4.69) is 10.3 Å². The number of amides is 2. The fourth-order valence-electron chi connectivity index (χ4n) is 3.20. The zero-order chi connectivity index (χ0) is 19.1. The van der Waals surface area contributed by atoms with Gasteiger partial charge in [-0.15, -0.1) is 0 Å². The number of nitrogens with one attached hydrogen (secondary N) is 1. The fraction of sp³-hybridized carbons (Fsp3) is 0.389. The van der Waals surface area contributed by atoms with Crippen LogP contribution in [-0.2, 0) is 17.8 Å². The van der Waals surface area contributed by atoms with E-state index in [4.69, 9.17) is 0 Å². The van der Waals surface area contributed by atoms with Crippen molar-refractivity contribution in [2.24, 2.45) is 5.92 Å². The first-order valence-electron chi connectivity index (χ1n) is 8.76. The van der Waals surface area contributed by atoms with Crippen LogP contribution in [0.1, 0.15) is 39.3 Å². The van der Waals surface area contributed by atoms with Crippen molar-refractivity contribution < 1.29 is 14.5 Å². The Kier molecular flexibility index (Phi) is 4.39. The molecule has 0 bridgehead atoms. The molecule has 140 valence electrons. The third-order valence-electron chi connectivity index (χ3n) is 4.93. The number of nitro benzene ring substituents is 1. The van der Waals surface area contributed by atoms with Gasteiger partial charge < -0.3 is 10.2 Å². The zero-order valence-electron chi connectivity index (χ0n) is 14.7. The summed E-state index contributed by atoms with van der Waals surface area (Å²) in [6, 6.07) is 4.55. The van der Waals surface area contributed by atoms with Crippen molar-refractivity contribution >= 4 is 34.0 Å². The zero-order valence-corrected chi connectivity index (χ0v) is 15.5. The molecule has 1 aromatic carbocycles. The number of nitrogens with zero attached hydrogens (tertiary/aromatic N) is 3. The SMILES string of the molecule is Cc1c(C(=O)N2CCc3nc(NC(=O)C4CC4)sc3C2)cccc1[N+](=O)[O-]. The van der Waals surface area contributed by atoms with Crippen LogP contribution >= 0.6 is 11.3 Å². The lowest BCUT2D eigenvalue weighted by Gasteiger charge is -2.26. The Balaban J connectivity index is 1.51. The number of hydrogen-bond donors (Lipinski definition) is 1.